The molecule has 2 aliphatic rings. The molecule has 1 aliphatic carbocycles. The number of aliphatic carboxylic acids is 1. The first-order chi connectivity index (χ1) is 15.4. The summed E-state index contributed by atoms with van der Waals surface area (Å²) in [5, 5.41) is 14.1. The average molecular weight is 438 g/mol. The van der Waals surface area contributed by atoms with Gasteiger partial charge in [-0.15, -0.1) is 0 Å². The van der Waals surface area contributed by atoms with E-state index in [0.717, 1.165) is 22.3 Å². The zero-order valence-corrected chi connectivity index (χ0v) is 17.8. The van der Waals surface area contributed by atoms with Crippen LogP contribution < -0.4 is 10.6 Å². The summed E-state index contributed by atoms with van der Waals surface area (Å²) < 4.78 is 11.0. The first-order valence-electron chi connectivity index (χ1n) is 10.6. The third kappa shape index (κ3) is 4.18. The number of carbonyl (C=O) groups is 3. The molecule has 0 radical (unpaired) electrons. The predicted molar refractivity (Wildman–Crippen MR) is 116 cm³/mol. The van der Waals surface area contributed by atoms with Crippen LogP contribution in [0.2, 0.25) is 0 Å². The smallest absolute Gasteiger partial charge is 0.407 e. The second-order valence-corrected chi connectivity index (χ2v) is 8.35. The Morgan fingerprint density at radius 3 is 2.34 bits per heavy atom. The van der Waals surface area contributed by atoms with Crippen LogP contribution in [0, 0.1) is 5.41 Å². The van der Waals surface area contributed by atoms with E-state index in [-0.39, 0.29) is 44.6 Å². The summed E-state index contributed by atoms with van der Waals surface area (Å²) in [6.45, 7) is 2.17. The number of carbonyl (C=O) groups excluding carboxylic acids is 2. The van der Waals surface area contributed by atoms with Crippen LogP contribution in [-0.4, -0.2) is 55.5 Å². The minimum absolute atomic E-state index is 0.0153. The molecular formula is C24H26N2O6. The van der Waals surface area contributed by atoms with E-state index in [9.17, 15) is 14.4 Å². The maximum Gasteiger partial charge on any atom is 0.407 e. The summed E-state index contributed by atoms with van der Waals surface area (Å²) in [5.41, 5.74) is 3.52. The van der Waals surface area contributed by atoms with Crippen LogP contribution in [-0.2, 0) is 19.1 Å². The Morgan fingerprint density at radius 1 is 1.09 bits per heavy atom. The lowest BCUT2D eigenvalue weighted by Gasteiger charge is -2.28. The van der Waals surface area contributed by atoms with Crippen molar-refractivity contribution in [1.29, 1.82) is 0 Å². The average Bonchev–Trinajstić information content (AvgIpc) is 3.31. The minimum Gasteiger partial charge on any atom is -0.481 e. The van der Waals surface area contributed by atoms with Crippen LogP contribution in [0.1, 0.15) is 30.4 Å². The molecule has 168 valence electrons. The normalized spacial score (nSPS) is 21.5. The van der Waals surface area contributed by atoms with Gasteiger partial charge in [-0.1, -0.05) is 48.5 Å². The lowest BCUT2D eigenvalue weighted by molar-refractivity contribution is -0.137. The molecule has 8 nitrogen and oxygen atoms in total. The van der Waals surface area contributed by atoms with Crippen molar-refractivity contribution in [3.8, 4) is 11.1 Å². The highest BCUT2D eigenvalue weighted by Crippen LogP contribution is 2.44. The van der Waals surface area contributed by atoms with Gasteiger partial charge in [0.1, 0.15) is 6.61 Å². The lowest BCUT2D eigenvalue weighted by atomic mass is 9.84. The second kappa shape index (κ2) is 9.00. The van der Waals surface area contributed by atoms with Crippen LogP contribution in [0.25, 0.3) is 11.1 Å². The highest BCUT2D eigenvalue weighted by molar-refractivity contribution is 5.85. The highest BCUT2D eigenvalue weighted by atomic mass is 16.5. The van der Waals surface area contributed by atoms with E-state index >= 15 is 0 Å². The molecule has 0 saturated carbocycles. The summed E-state index contributed by atoms with van der Waals surface area (Å²) in [6, 6.07) is 15.6. The topological polar surface area (TPSA) is 114 Å². The van der Waals surface area contributed by atoms with E-state index in [1.165, 1.54) is 0 Å². The minimum atomic E-state index is -1.01. The van der Waals surface area contributed by atoms with Gasteiger partial charge < -0.3 is 25.2 Å². The number of fused-ring (bicyclic) bond motifs is 3. The number of carboxylic acid groups (broad SMARTS) is 1. The van der Waals surface area contributed by atoms with Crippen LogP contribution in [0.5, 0.6) is 0 Å². The highest BCUT2D eigenvalue weighted by Gasteiger charge is 2.47. The molecule has 2 unspecified atom stereocenters. The summed E-state index contributed by atoms with van der Waals surface area (Å²) in [4.78, 5) is 35.9. The Morgan fingerprint density at radius 2 is 1.72 bits per heavy atom. The molecule has 0 bridgehead atoms. The quantitative estimate of drug-likeness (QED) is 0.612. The van der Waals surface area contributed by atoms with Gasteiger partial charge in [0.15, 0.2) is 0 Å². The molecule has 1 saturated heterocycles. The van der Waals surface area contributed by atoms with Crippen LogP contribution in [0.4, 0.5) is 4.79 Å². The van der Waals surface area contributed by atoms with Gasteiger partial charge in [0.05, 0.1) is 31.1 Å². The van der Waals surface area contributed by atoms with E-state index in [2.05, 4.69) is 22.8 Å². The van der Waals surface area contributed by atoms with Crippen LogP contribution in [0.15, 0.2) is 48.5 Å². The number of hydrogen-bond acceptors (Lipinski definition) is 5. The van der Waals surface area contributed by atoms with Crippen molar-refractivity contribution in [2.24, 2.45) is 5.41 Å². The molecule has 2 aromatic rings. The molecule has 2 aromatic carbocycles. The van der Waals surface area contributed by atoms with Crippen LogP contribution in [0.3, 0.4) is 0 Å². The van der Waals surface area contributed by atoms with E-state index in [1.54, 1.807) is 6.92 Å². The third-order valence-electron chi connectivity index (χ3n) is 6.23. The van der Waals surface area contributed by atoms with Gasteiger partial charge in [-0.2, -0.15) is 0 Å². The maximum absolute atomic E-state index is 12.6. The summed E-state index contributed by atoms with van der Waals surface area (Å²) in [7, 11) is 0. The summed E-state index contributed by atoms with van der Waals surface area (Å²) in [6.07, 6.45) is -0.792. The first-order valence-corrected chi connectivity index (χ1v) is 10.6. The SMILES string of the molecule is CC1(C(=O)NCCC(=O)O)COCC1NC(=O)OCC1c2ccccc2-c2ccccc21. The van der Waals surface area contributed by atoms with Gasteiger partial charge in [0.2, 0.25) is 5.91 Å². The first kappa shape index (κ1) is 21.8. The van der Waals surface area contributed by atoms with E-state index in [4.69, 9.17) is 14.6 Å². The van der Waals surface area contributed by atoms with Gasteiger partial charge in [0, 0.05) is 12.5 Å². The third-order valence-corrected chi connectivity index (χ3v) is 6.23. The molecule has 0 aromatic heterocycles. The molecule has 1 aliphatic heterocycles. The molecule has 2 amide bonds. The molecule has 1 fully saturated rings. The lowest BCUT2D eigenvalue weighted by Crippen LogP contribution is -2.53. The molecule has 1 heterocycles. The predicted octanol–water partition coefficient (Wildman–Crippen LogP) is 2.52. The molecule has 4 rings (SSSR count). The molecule has 2 atom stereocenters. The monoisotopic (exact) mass is 438 g/mol. The zero-order valence-electron chi connectivity index (χ0n) is 17.8. The molecule has 3 N–H and O–H groups in total. The van der Waals surface area contributed by atoms with Crippen molar-refractivity contribution < 1.29 is 29.0 Å². The Kier molecular flexibility index (Phi) is 6.14. The Bertz CT molecular complexity index is 993. The van der Waals surface area contributed by atoms with Crippen molar-refractivity contribution in [3.63, 3.8) is 0 Å². The number of nitrogens with one attached hydrogen (secondary N) is 2. The van der Waals surface area contributed by atoms with E-state index in [1.807, 2.05) is 36.4 Å². The number of carboxylic acids is 1. The molecule has 8 heteroatoms. The number of ether oxygens (including phenoxy) is 2. The number of amides is 2. The van der Waals surface area contributed by atoms with Gasteiger partial charge in [-0.05, 0) is 29.2 Å². The van der Waals surface area contributed by atoms with Gasteiger partial charge >= 0.3 is 12.1 Å². The maximum atomic E-state index is 12.6. The largest absolute Gasteiger partial charge is 0.481 e. The summed E-state index contributed by atoms with van der Waals surface area (Å²) in [5.74, 6) is -1.41. The number of benzene rings is 2. The fourth-order valence-corrected chi connectivity index (χ4v) is 4.37. The molecule has 32 heavy (non-hydrogen) atoms. The standard InChI is InChI=1S/C24H26N2O6/c1-24(22(29)25-11-10-21(27)28)14-31-13-20(24)26-23(30)32-12-19-17-8-4-2-6-15(17)16-7-3-5-9-18(16)19/h2-9,19-20H,10-14H2,1H3,(H,25,29)(H,26,30)(H,27,28). The fraction of sp³-hybridized carbons (Fsp3) is 0.375. The Balaban J connectivity index is 1.38. The van der Waals surface area contributed by atoms with E-state index < -0.39 is 23.5 Å². The Labute approximate surface area is 185 Å². The summed E-state index contributed by atoms with van der Waals surface area (Å²) >= 11 is 0. The van der Waals surface area contributed by atoms with Gasteiger partial charge in [-0.3, -0.25) is 9.59 Å². The van der Waals surface area contributed by atoms with Crippen LogP contribution >= 0.6 is 0 Å². The van der Waals surface area contributed by atoms with Crippen molar-refractivity contribution >= 4 is 18.0 Å². The second-order valence-electron chi connectivity index (χ2n) is 8.35. The number of alkyl carbamates (subject to hydrolysis) is 1. The van der Waals surface area contributed by atoms with E-state index in [0.29, 0.717) is 0 Å². The fourth-order valence-electron chi connectivity index (χ4n) is 4.37. The number of rotatable bonds is 7. The molecular weight excluding hydrogens is 412 g/mol. The van der Waals surface area contributed by atoms with Crippen molar-refractivity contribution in [1.82, 2.24) is 10.6 Å². The van der Waals surface area contributed by atoms with Crippen molar-refractivity contribution in [3.05, 3.63) is 59.7 Å². The number of hydrogen-bond donors (Lipinski definition) is 3. The van der Waals surface area contributed by atoms with Gasteiger partial charge in [-0.25, -0.2) is 4.79 Å². The zero-order chi connectivity index (χ0) is 22.7. The molecule has 0 spiro atoms. The van der Waals surface area contributed by atoms with Crippen molar-refractivity contribution in [2.75, 3.05) is 26.4 Å². The van der Waals surface area contributed by atoms with Crippen molar-refractivity contribution in [2.45, 2.75) is 25.3 Å². The van der Waals surface area contributed by atoms with Gasteiger partial charge in [0.25, 0.3) is 0 Å². The Hall–Kier alpha value is -3.39.